The van der Waals surface area contributed by atoms with Gasteiger partial charge in [0.2, 0.25) is 0 Å². The first kappa shape index (κ1) is 25.7. The second kappa shape index (κ2) is 8.78. The molecule has 0 bridgehead atoms. The molecule has 0 rings (SSSR count). The van der Waals surface area contributed by atoms with Crippen LogP contribution in [0.15, 0.2) is 12.8 Å². The predicted molar refractivity (Wildman–Crippen MR) is 66.9 cm³/mol. The quantitative estimate of drug-likeness (QED) is 0.222. The van der Waals surface area contributed by atoms with Crippen LogP contribution in [0, 0.1) is 0 Å². The van der Waals surface area contributed by atoms with E-state index in [1.165, 1.54) is 0 Å². The molecule has 0 aliphatic carbocycles. The molecular formula is C13H14F12O2. The molecule has 0 saturated carbocycles. The predicted octanol–water partition coefficient (Wildman–Crippen LogP) is 5.38. The second-order valence-electron chi connectivity index (χ2n) is 5.10. The van der Waals surface area contributed by atoms with Crippen LogP contribution in [-0.4, -0.2) is 55.9 Å². The van der Waals surface area contributed by atoms with E-state index in [4.69, 9.17) is 0 Å². The van der Waals surface area contributed by atoms with E-state index < -0.39 is 55.5 Å². The van der Waals surface area contributed by atoms with Crippen molar-refractivity contribution < 1.29 is 62.2 Å². The van der Waals surface area contributed by atoms with Crippen molar-refractivity contribution in [1.82, 2.24) is 0 Å². The van der Waals surface area contributed by atoms with Crippen LogP contribution < -0.4 is 0 Å². The molecule has 14 heteroatoms. The van der Waals surface area contributed by atoms with Gasteiger partial charge in [-0.3, -0.25) is 0 Å². The Morgan fingerprint density at radius 1 is 0.741 bits per heavy atom. The second-order valence-corrected chi connectivity index (χ2v) is 5.10. The van der Waals surface area contributed by atoms with Crippen LogP contribution in [0.1, 0.15) is 12.8 Å². The first-order valence-electron chi connectivity index (χ1n) is 6.98. The Morgan fingerprint density at radius 2 is 1.26 bits per heavy atom. The zero-order valence-electron chi connectivity index (χ0n) is 13.2. The van der Waals surface area contributed by atoms with Crippen molar-refractivity contribution in [2.75, 3.05) is 19.8 Å². The molecule has 0 amide bonds. The lowest BCUT2D eigenvalue weighted by atomic mass is 9.92. The van der Waals surface area contributed by atoms with E-state index >= 15 is 0 Å². The van der Waals surface area contributed by atoms with Crippen LogP contribution in [-0.2, 0) is 9.47 Å². The highest BCUT2D eigenvalue weighted by Gasteiger charge is 2.87. The zero-order valence-corrected chi connectivity index (χ0v) is 13.2. The average Bonchev–Trinajstić information content (AvgIpc) is 2.52. The Hall–Kier alpha value is -1.34. The highest BCUT2D eigenvalue weighted by atomic mass is 19.4. The summed E-state index contributed by atoms with van der Waals surface area (Å²) < 4.78 is 164. The lowest BCUT2D eigenvalue weighted by Gasteiger charge is -2.39. The maximum absolute atomic E-state index is 13.4. The van der Waals surface area contributed by atoms with Crippen molar-refractivity contribution in [3.8, 4) is 0 Å². The van der Waals surface area contributed by atoms with Gasteiger partial charge in [-0.1, -0.05) is 6.58 Å². The molecule has 0 unspecified atom stereocenters. The van der Waals surface area contributed by atoms with E-state index in [9.17, 15) is 52.7 Å². The van der Waals surface area contributed by atoms with Gasteiger partial charge in [0, 0.05) is 13.0 Å². The Balaban J connectivity index is 5.23. The normalized spacial score (nSPS) is 14.6. The van der Waals surface area contributed by atoms with E-state index in [0.717, 1.165) is 6.26 Å². The van der Waals surface area contributed by atoms with Crippen molar-refractivity contribution >= 4 is 0 Å². The molecule has 0 N–H and O–H groups in total. The molecule has 27 heavy (non-hydrogen) atoms. The van der Waals surface area contributed by atoms with Gasteiger partial charge in [0.05, 0.1) is 12.9 Å². The average molecular weight is 430 g/mol. The summed E-state index contributed by atoms with van der Waals surface area (Å²) in [7, 11) is 0. The summed E-state index contributed by atoms with van der Waals surface area (Å²) in [5.41, 5.74) is 0. The van der Waals surface area contributed by atoms with Gasteiger partial charge in [-0.05, 0) is 6.42 Å². The number of hydrogen-bond acceptors (Lipinski definition) is 2. The Kier molecular flexibility index (Phi) is 8.34. The van der Waals surface area contributed by atoms with Gasteiger partial charge < -0.3 is 9.47 Å². The topological polar surface area (TPSA) is 18.5 Å². The monoisotopic (exact) mass is 430 g/mol. The standard InChI is InChI=1S/C13H14F12O2/c1-2-26-6-7-27-5-3-4-9(16,17)11(20,21)13(24,25)12(22,23)10(18,19)8(14)15/h2,8H,1,3-7H2. The molecule has 0 atom stereocenters. The molecule has 0 saturated heterocycles. The molecule has 0 radical (unpaired) electrons. The van der Waals surface area contributed by atoms with Crippen LogP contribution in [0.2, 0.25) is 0 Å². The van der Waals surface area contributed by atoms with Gasteiger partial charge in [0.15, 0.2) is 0 Å². The van der Waals surface area contributed by atoms with Gasteiger partial charge in [-0.25, -0.2) is 8.78 Å². The highest BCUT2D eigenvalue weighted by molar-refractivity contribution is 5.08. The summed E-state index contributed by atoms with van der Waals surface area (Å²) in [4.78, 5) is 0. The molecule has 2 nitrogen and oxygen atoms in total. The van der Waals surface area contributed by atoms with Crippen molar-refractivity contribution in [2.45, 2.75) is 48.9 Å². The van der Waals surface area contributed by atoms with E-state index in [1.807, 2.05) is 0 Å². The number of halogens is 12. The Morgan fingerprint density at radius 3 is 1.70 bits per heavy atom. The van der Waals surface area contributed by atoms with Gasteiger partial charge >= 0.3 is 36.0 Å². The Labute approximate surface area is 145 Å². The molecule has 0 fully saturated rings. The summed E-state index contributed by atoms with van der Waals surface area (Å²) in [5.74, 6) is -34.9. The fourth-order valence-electron chi connectivity index (χ4n) is 1.62. The van der Waals surface area contributed by atoms with Crippen LogP contribution in [0.5, 0.6) is 0 Å². The fraction of sp³-hybridized carbons (Fsp3) is 0.846. The van der Waals surface area contributed by atoms with Gasteiger partial charge in [0.25, 0.3) is 0 Å². The Bertz CT molecular complexity index is 478. The molecular weight excluding hydrogens is 416 g/mol. The number of hydrogen-bond donors (Lipinski definition) is 0. The highest BCUT2D eigenvalue weighted by Crippen LogP contribution is 2.58. The first-order chi connectivity index (χ1) is 12.0. The van der Waals surface area contributed by atoms with Gasteiger partial charge in [-0.15, -0.1) is 0 Å². The minimum absolute atomic E-state index is 0.122. The zero-order chi connectivity index (χ0) is 21.7. The fourth-order valence-corrected chi connectivity index (χ4v) is 1.62. The van der Waals surface area contributed by atoms with Crippen molar-refractivity contribution in [3.63, 3.8) is 0 Å². The number of ether oxygens (including phenoxy) is 2. The molecule has 0 aromatic heterocycles. The molecule has 0 aliphatic heterocycles. The maximum Gasteiger partial charge on any atom is 0.384 e. The molecule has 162 valence electrons. The third-order valence-corrected chi connectivity index (χ3v) is 3.18. The lowest BCUT2D eigenvalue weighted by Crippen LogP contribution is -2.68. The van der Waals surface area contributed by atoms with Crippen molar-refractivity contribution in [2.24, 2.45) is 0 Å². The molecule has 0 aromatic carbocycles. The summed E-state index contributed by atoms with van der Waals surface area (Å²) in [6.07, 6.45) is -7.76. The van der Waals surface area contributed by atoms with Crippen LogP contribution >= 0.6 is 0 Å². The van der Waals surface area contributed by atoms with E-state index in [2.05, 4.69) is 16.1 Å². The summed E-state index contributed by atoms with van der Waals surface area (Å²) >= 11 is 0. The molecule has 0 aromatic rings. The van der Waals surface area contributed by atoms with Gasteiger partial charge in [0.1, 0.15) is 6.61 Å². The first-order valence-corrected chi connectivity index (χ1v) is 6.98. The van der Waals surface area contributed by atoms with E-state index in [-0.39, 0.29) is 13.2 Å². The molecule has 0 spiro atoms. The molecule has 0 heterocycles. The third kappa shape index (κ3) is 4.93. The van der Waals surface area contributed by atoms with Crippen molar-refractivity contribution in [3.05, 3.63) is 12.8 Å². The van der Waals surface area contributed by atoms with Crippen LogP contribution in [0.3, 0.4) is 0 Å². The largest absolute Gasteiger partial charge is 0.499 e. The van der Waals surface area contributed by atoms with E-state index in [1.54, 1.807) is 0 Å². The van der Waals surface area contributed by atoms with Crippen molar-refractivity contribution in [1.29, 1.82) is 0 Å². The summed E-state index contributed by atoms with van der Waals surface area (Å²) in [6.45, 7) is 2.04. The minimum atomic E-state index is -7.48. The maximum atomic E-state index is 13.4. The molecule has 0 aliphatic rings. The number of alkyl halides is 12. The SMILES string of the molecule is C=COCCOCCCC(F)(F)C(F)(F)C(F)(F)C(F)(F)C(F)(F)C(F)F. The van der Waals surface area contributed by atoms with Crippen LogP contribution in [0.4, 0.5) is 52.7 Å². The number of rotatable bonds is 13. The van der Waals surface area contributed by atoms with Gasteiger partial charge in [-0.2, -0.15) is 43.9 Å². The van der Waals surface area contributed by atoms with E-state index in [0.29, 0.717) is 0 Å². The summed E-state index contributed by atoms with van der Waals surface area (Å²) in [5, 5.41) is 0. The van der Waals surface area contributed by atoms with Crippen LogP contribution in [0.25, 0.3) is 0 Å². The third-order valence-electron chi connectivity index (χ3n) is 3.18. The minimum Gasteiger partial charge on any atom is -0.499 e. The smallest absolute Gasteiger partial charge is 0.384 e. The lowest BCUT2D eigenvalue weighted by molar-refractivity contribution is -0.413. The summed E-state index contributed by atoms with van der Waals surface area (Å²) in [6, 6.07) is 0.